The number of benzene rings is 1. The Morgan fingerprint density at radius 1 is 1.35 bits per heavy atom. The molecule has 3 nitrogen and oxygen atoms in total. The third-order valence-corrected chi connectivity index (χ3v) is 2.52. The zero-order valence-electron chi connectivity index (χ0n) is 10.4. The second-order valence-electron chi connectivity index (χ2n) is 4.08. The Bertz CT molecular complexity index is 404. The zero-order valence-corrected chi connectivity index (χ0v) is 10.4. The number of methoxy groups -OCH3 is 1. The van der Waals surface area contributed by atoms with Gasteiger partial charge in [-0.05, 0) is 37.1 Å². The van der Waals surface area contributed by atoms with E-state index in [4.69, 9.17) is 4.74 Å². The van der Waals surface area contributed by atoms with Crippen LogP contribution in [0.2, 0.25) is 0 Å². The minimum Gasteiger partial charge on any atom is -0.497 e. The molecule has 1 aromatic carbocycles. The van der Waals surface area contributed by atoms with Crippen molar-refractivity contribution in [2.45, 2.75) is 26.4 Å². The maximum atomic E-state index is 10.9. The van der Waals surface area contributed by atoms with E-state index in [-0.39, 0.29) is 12.2 Å². The van der Waals surface area contributed by atoms with E-state index >= 15 is 0 Å². The van der Waals surface area contributed by atoms with E-state index in [2.05, 4.69) is 0 Å². The van der Waals surface area contributed by atoms with Gasteiger partial charge in [-0.15, -0.1) is 0 Å². The average molecular weight is 234 g/mol. The van der Waals surface area contributed by atoms with E-state index in [0.717, 1.165) is 16.9 Å². The predicted octanol–water partition coefficient (Wildman–Crippen LogP) is 2.44. The lowest BCUT2D eigenvalue weighted by Gasteiger charge is -2.09. The van der Waals surface area contributed by atoms with Crippen molar-refractivity contribution in [2.75, 3.05) is 7.11 Å². The molecule has 17 heavy (non-hydrogen) atoms. The number of ether oxygens (including phenoxy) is 1. The number of carbonyl (C=O) groups is 1. The van der Waals surface area contributed by atoms with Crippen LogP contribution in [0.4, 0.5) is 0 Å². The van der Waals surface area contributed by atoms with E-state index in [1.165, 1.54) is 6.92 Å². The predicted molar refractivity (Wildman–Crippen MR) is 67.9 cm³/mol. The molecule has 0 unspecified atom stereocenters. The number of rotatable bonds is 5. The summed E-state index contributed by atoms with van der Waals surface area (Å²) in [6.07, 6.45) is 1.33. The molecule has 0 saturated heterocycles. The molecule has 0 radical (unpaired) electrons. The molecular formula is C14H18O3. The van der Waals surface area contributed by atoms with Crippen molar-refractivity contribution >= 4 is 11.9 Å². The normalized spacial score (nSPS) is 13.3. The summed E-state index contributed by atoms with van der Waals surface area (Å²) in [6.45, 7) is 3.29. The Hall–Kier alpha value is -1.61. The largest absolute Gasteiger partial charge is 0.497 e. The van der Waals surface area contributed by atoms with Gasteiger partial charge in [0.25, 0.3) is 0 Å². The Morgan fingerprint density at radius 3 is 2.41 bits per heavy atom. The smallest absolute Gasteiger partial charge is 0.132 e. The van der Waals surface area contributed by atoms with Gasteiger partial charge in [-0.25, -0.2) is 0 Å². The molecular weight excluding hydrogens is 216 g/mol. The Labute approximate surface area is 102 Å². The van der Waals surface area contributed by atoms with Crippen molar-refractivity contribution in [1.82, 2.24) is 0 Å². The molecule has 0 aliphatic carbocycles. The van der Waals surface area contributed by atoms with Gasteiger partial charge in [0, 0.05) is 6.42 Å². The number of hydrogen-bond acceptors (Lipinski definition) is 3. The Morgan fingerprint density at radius 2 is 1.94 bits per heavy atom. The van der Waals surface area contributed by atoms with Crippen LogP contribution in [0.15, 0.2) is 29.8 Å². The molecule has 92 valence electrons. The minimum atomic E-state index is -0.699. The minimum absolute atomic E-state index is 0.0139. The molecule has 1 aromatic rings. The molecule has 0 saturated carbocycles. The third-order valence-electron chi connectivity index (χ3n) is 2.52. The van der Waals surface area contributed by atoms with Crippen molar-refractivity contribution < 1.29 is 14.6 Å². The van der Waals surface area contributed by atoms with Crippen LogP contribution < -0.4 is 4.74 Å². The highest BCUT2D eigenvalue weighted by Crippen LogP contribution is 2.16. The second-order valence-corrected chi connectivity index (χ2v) is 4.08. The Kier molecular flexibility index (Phi) is 4.91. The molecule has 0 heterocycles. The van der Waals surface area contributed by atoms with Gasteiger partial charge in [0.1, 0.15) is 11.5 Å². The fourth-order valence-corrected chi connectivity index (χ4v) is 1.49. The van der Waals surface area contributed by atoms with E-state index in [1.807, 2.05) is 37.3 Å². The highest BCUT2D eigenvalue weighted by molar-refractivity contribution is 5.76. The lowest BCUT2D eigenvalue weighted by Crippen LogP contribution is -2.12. The van der Waals surface area contributed by atoms with Crippen molar-refractivity contribution in [3.63, 3.8) is 0 Å². The van der Waals surface area contributed by atoms with Crippen LogP contribution in [-0.4, -0.2) is 24.1 Å². The van der Waals surface area contributed by atoms with Crippen LogP contribution >= 0.6 is 0 Å². The zero-order chi connectivity index (χ0) is 12.8. The molecule has 0 bridgehead atoms. The first kappa shape index (κ1) is 13.5. The summed E-state index contributed by atoms with van der Waals surface area (Å²) in [7, 11) is 1.62. The van der Waals surface area contributed by atoms with E-state index < -0.39 is 6.10 Å². The van der Waals surface area contributed by atoms with E-state index in [9.17, 15) is 9.90 Å². The monoisotopic (exact) mass is 234 g/mol. The fraction of sp³-hybridized carbons (Fsp3) is 0.357. The molecule has 1 N–H and O–H groups in total. The van der Waals surface area contributed by atoms with Gasteiger partial charge in [0.2, 0.25) is 0 Å². The molecule has 3 heteroatoms. The molecule has 0 aliphatic heterocycles. The summed E-state index contributed by atoms with van der Waals surface area (Å²) < 4.78 is 5.06. The van der Waals surface area contributed by atoms with Crippen molar-refractivity contribution in [2.24, 2.45) is 0 Å². The summed E-state index contributed by atoms with van der Waals surface area (Å²) in [6, 6.07) is 7.53. The van der Waals surface area contributed by atoms with Gasteiger partial charge in [-0.2, -0.15) is 0 Å². The van der Waals surface area contributed by atoms with Crippen molar-refractivity contribution in [3.05, 3.63) is 35.4 Å². The highest BCUT2D eigenvalue weighted by Gasteiger charge is 2.08. The van der Waals surface area contributed by atoms with Gasteiger partial charge in [-0.1, -0.05) is 18.2 Å². The summed E-state index contributed by atoms with van der Waals surface area (Å²) in [5.74, 6) is 0.782. The van der Waals surface area contributed by atoms with Crippen LogP contribution in [0.25, 0.3) is 6.08 Å². The molecule has 0 aliphatic rings. The van der Waals surface area contributed by atoms with Gasteiger partial charge in [-0.3, -0.25) is 4.79 Å². The topological polar surface area (TPSA) is 46.5 Å². The number of Topliss-reactive ketones (excluding diaryl/α,β-unsaturated/α-hetero) is 1. The number of carbonyl (C=O) groups excluding carboxylic acids is 1. The van der Waals surface area contributed by atoms with Gasteiger partial charge in [0.05, 0.1) is 13.2 Å². The fourth-order valence-electron chi connectivity index (χ4n) is 1.49. The molecule has 0 spiro atoms. The van der Waals surface area contributed by atoms with Crippen LogP contribution in [0.1, 0.15) is 25.8 Å². The average Bonchev–Trinajstić information content (AvgIpc) is 2.29. The lowest BCUT2D eigenvalue weighted by molar-refractivity contribution is -0.118. The maximum absolute atomic E-state index is 10.9. The molecule has 1 atom stereocenters. The number of ketones is 1. The summed E-state index contributed by atoms with van der Waals surface area (Å²) >= 11 is 0. The third kappa shape index (κ3) is 4.41. The standard InChI is InChI=1S/C14H18O3/c1-10(14(16)9-11(2)15)8-12-4-6-13(17-3)7-5-12/h4-8,14,16H,9H2,1-3H3/b10-8+/t14-/m1/s1. The van der Waals surface area contributed by atoms with Gasteiger partial charge in [0.15, 0.2) is 0 Å². The first-order valence-corrected chi connectivity index (χ1v) is 5.52. The first-order chi connectivity index (χ1) is 8.02. The summed E-state index contributed by atoms with van der Waals surface area (Å²) in [5.41, 5.74) is 1.76. The number of aliphatic hydroxyl groups excluding tert-OH is 1. The first-order valence-electron chi connectivity index (χ1n) is 5.52. The SMILES string of the molecule is COc1ccc(/C=C(\C)[C@H](O)CC(C)=O)cc1. The lowest BCUT2D eigenvalue weighted by atomic mass is 10.0. The van der Waals surface area contributed by atoms with Gasteiger partial charge >= 0.3 is 0 Å². The summed E-state index contributed by atoms with van der Waals surface area (Å²) in [4.78, 5) is 10.9. The molecule has 1 rings (SSSR count). The van der Waals surface area contributed by atoms with Crippen molar-refractivity contribution in [1.29, 1.82) is 0 Å². The molecule has 0 aromatic heterocycles. The molecule has 0 fully saturated rings. The Balaban J connectivity index is 2.75. The summed E-state index contributed by atoms with van der Waals surface area (Å²) in [5, 5.41) is 9.74. The highest BCUT2D eigenvalue weighted by atomic mass is 16.5. The van der Waals surface area contributed by atoms with Crippen LogP contribution in [0, 0.1) is 0 Å². The van der Waals surface area contributed by atoms with Crippen LogP contribution in [0.3, 0.4) is 0 Å². The van der Waals surface area contributed by atoms with Crippen molar-refractivity contribution in [3.8, 4) is 5.75 Å². The number of aliphatic hydroxyl groups is 1. The van der Waals surface area contributed by atoms with Crippen LogP contribution in [-0.2, 0) is 4.79 Å². The van der Waals surface area contributed by atoms with E-state index in [0.29, 0.717) is 0 Å². The second kappa shape index (κ2) is 6.21. The van der Waals surface area contributed by atoms with Gasteiger partial charge < -0.3 is 9.84 Å². The maximum Gasteiger partial charge on any atom is 0.132 e. The number of hydrogen-bond donors (Lipinski definition) is 1. The van der Waals surface area contributed by atoms with Crippen LogP contribution in [0.5, 0.6) is 5.75 Å². The van der Waals surface area contributed by atoms with E-state index in [1.54, 1.807) is 7.11 Å². The quantitative estimate of drug-likeness (QED) is 0.851. The molecule has 0 amide bonds.